The molecule has 0 fully saturated rings. The molecule has 20 heavy (non-hydrogen) atoms. The van der Waals surface area contributed by atoms with Crippen LogP contribution in [0.15, 0.2) is 24.3 Å². The van der Waals surface area contributed by atoms with Crippen LogP contribution in [0.1, 0.15) is 44.5 Å². The standard InChI is InChI=1S/C16H25NO3/c1-5-20-13-9-7-6-8-12(13)15(19)17-11-10-14(18)16(2,3)4/h6-9,14,18H,5,10-11H2,1-4H3,(H,17,19). The van der Waals surface area contributed by atoms with Gasteiger partial charge in [-0.25, -0.2) is 0 Å². The van der Waals surface area contributed by atoms with E-state index in [1.807, 2.05) is 33.8 Å². The van der Waals surface area contributed by atoms with Gasteiger partial charge in [0.15, 0.2) is 0 Å². The summed E-state index contributed by atoms with van der Waals surface area (Å²) in [5.41, 5.74) is 0.355. The molecule has 0 saturated heterocycles. The third-order valence-corrected chi connectivity index (χ3v) is 3.13. The van der Waals surface area contributed by atoms with Crippen molar-refractivity contribution in [1.82, 2.24) is 5.32 Å². The fourth-order valence-electron chi connectivity index (χ4n) is 1.79. The van der Waals surface area contributed by atoms with Crippen molar-refractivity contribution in [3.8, 4) is 5.75 Å². The molecule has 1 aromatic rings. The van der Waals surface area contributed by atoms with Crippen LogP contribution >= 0.6 is 0 Å². The first-order valence-corrected chi connectivity index (χ1v) is 7.04. The fraction of sp³-hybridized carbons (Fsp3) is 0.562. The number of ether oxygens (including phenoxy) is 1. The lowest BCUT2D eigenvalue weighted by Crippen LogP contribution is -2.32. The monoisotopic (exact) mass is 279 g/mol. The molecule has 0 radical (unpaired) electrons. The Morgan fingerprint density at radius 2 is 2.00 bits per heavy atom. The van der Waals surface area contributed by atoms with E-state index in [1.54, 1.807) is 18.2 Å². The van der Waals surface area contributed by atoms with Gasteiger partial charge in [0.1, 0.15) is 5.75 Å². The topological polar surface area (TPSA) is 58.6 Å². The predicted molar refractivity (Wildman–Crippen MR) is 80.0 cm³/mol. The second kappa shape index (κ2) is 7.29. The molecule has 1 aromatic carbocycles. The number of hydrogen-bond donors (Lipinski definition) is 2. The predicted octanol–water partition coefficient (Wildman–Crippen LogP) is 2.61. The van der Waals surface area contributed by atoms with Gasteiger partial charge in [-0.3, -0.25) is 4.79 Å². The lowest BCUT2D eigenvalue weighted by atomic mass is 9.87. The van der Waals surface area contributed by atoms with Gasteiger partial charge in [-0.15, -0.1) is 0 Å². The quantitative estimate of drug-likeness (QED) is 0.841. The highest BCUT2D eigenvalue weighted by Crippen LogP contribution is 2.21. The molecule has 4 nitrogen and oxygen atoms in total. The van der Waals surface area contributed by atoms with Crippen LogP contribution in [0.3, 0.4) is 0 Å². The summed E-state index contributed by atoms with van der Waals surface area (Å²) in [6.07, 6.45) is 0.0939. The SMILES string of the molecule is CCOc1ccccc1C(=O)NCCC(O)C(C)(C)C. The Hall–Kier alpha value is -1.55. The maximum Gasteiger partial charge on any atom is 0.255 e. The summed E-state index contributed by atoms with van der Waals surface area (Å²) >= 11 is 0. The second-order valence-corrected chi connectivity index (χ2v) is 5.86. The zero-order chi connectivity index (χ0) is 15.2. The number of rotatable bonds is 6. The van der Waals surface area contributed by atoms with Crippen molar-refractivity contribution >= 4 is 5.91 Å². The molecule has 0 aliphatic carbocycles. The van der Waals surface area contributed by atoms with E-state index in [0.29, 0.717) is 30.9 Å². The summed E-state index contributed by atoms with van der Waals surface area (Å²) in [5.74, 6) is 0.416. The van der Waals surface area contributed by atoms with E-state index in [1.165, 1.54) is 0 Å². The third-order valence-electron chi connectivity index (χ3n) is 3.13. The van der Waals surface area contributed by atoms with Crippen LogP contribution in [0.5, 0.6) is 5.75 Å². The number of hydrogen-bond acceptors (Lipinski definition) is 3. The fourth-order valence-corrected chi connectivity index (χ4v) is 1.79. The molecular weight excluding hydrogens is 254 g/mol. The molecule has 112 valence electrons. The van der Waals surface area contributed by atoms with E-state index in [2.05, 4.69) is 5.32 Å². The summed E-state index contributed by atoms with van der Waals surface area (Å²) < 4.78 is 5.43. The van der Waals surface area contributed by atoms with Crippen molar-refractivity contribution in [2.45, 2.75) is 40.2 Å². The Morgan fingerprint density at radius 1 is 1.35 bits per heavy atom. The minimum Gasteiger partial charge on any atom is -0.493 e. The van der Waals surface area contributed by atoms with Gasteiger partial charge in [-0.05, 0) is 30.9 Å². The van der Waals surface area contributed by atoms with Crippen molar-refractivity contribution in [1.29, 1.82) is 0 Å². The first-order valence-electron chi connectivity index (χ1n) is 7.04. The normalized spacial score (nSPS) is 12.8. The van der Waals surface area contributed by atoms with Crippen molar-refractivity contribution in [2.24, 2.45) is 5.41 Å². The summed E-state index contributed by atoms with van der Waals surface area (Å²) in [4.78, 5) is 12.1. The molecule has 2 N–H and O–H groups in total. The van der Waals surface area contributed by atoms with E-state index in [4.69, 9.17) is 4.74 Å². The Balaban J connectivity index is 2.55. The van der Waals surface area contributed by atoms with Crippen LogP contribution < -0.4 is 10.1 Å². The molecule has 0 bridgehead atoms. The Labute approximate surface area is 121 Å². The van der Waals surface area contributed by atoms with Crippen molar-refractivity contribution in [3.63, 3.8) is 0 Å². The molecule has 0 aromatic heterocycles. The first kappa shape index (κ1) is 16.5. The van der Waals surface area contributed by atoms with E-state index < -0.39 is 6.10 Å². The number of para-hydroxylation sites is 1. The van der Waals surface area contributed by atoms with Crippen LogP contribution in [-0.4, -0.2) is 30.3 Å². The highest BCUT2D eigenvalue weighted by Gasteiger charge is 2.22. The molecule has 0 aliphatic rings. The molecule has 0 heterocycles. The second-order valence-electron chi connectivity index (χ2n) is 5.86. The van der Waals surface area contributed by atoms with E-state index in [-0.39, 0.29) is 11.3 Å². The largest absolute Gasteiger partial charge is 0.493 e. The molecule has 0 aliphatic heterocycles. The number of carbonyl (C=O) groups is 1. The van der Waals surface area contributed by atoms with Gasteiger partial charge in [0.05, 0.1) is 18.3 Å². The lowest BCUT2D eigenvalue weighted by Gasteiger charge is -2.25. The Morgan fingerprint density at radius 3 is 2.60 bits per heavy atom. The maximum absolute atomic E-state index is 12.1. The molecule has 1 rings (SSSR count). The summed E-state index contributed by atoms with van der Waals surface area (Å²) in [5, 5.41) is 12.8. The first-order chi connectivity index (χ1) is 9.36. The average molecular weight is 279 g/mol. The molecule has 0 saturated carbocycles. The van der Waals surface area contributed by atoms with Gasteiger partial charge in [0.2, 0.25) is 0 Å². The Bertz CT molecular complexity index is 438. The van der Waals surface area contributed by atoms with Gasteiger partial charge in [-0.1, -0.05) is 32.9 Å². The molecule has 4 heteroatoms. The number of aliphatic hydroxyl groups excluding tert-OH is 1. The third kappa shape index (κ3) is 4.85. The van der Waals surface area contributed by atoms with Gasteiger partial charge in [0.25, 0.3) is 5.91 Å². The molecule has 1 atom stereocenters. The summed E-state index contributed by atoms with van der Waals surface area (Å²) in [6.45, 7) is 8.77. The zero-order valence-electron chi connectivity index (χ0n) is 12.8. The molecule has 1 unspecified atom stereocenters. The van der Waals surface area contributed by atoms with Crippen LogP contribution in [0, 0.1) is 5.41 Å². The van der Waals surface area contributed by atoms with E-state index in [9.17, 15) is 9.90 Å². The maximum atomic E-state index is 12.1. The van der Waals surface area contributed by atoms with Crippen molar-refractivity contribution in [3.05, 3.63) is 29.8 Å². The van der Waals surface area contributed by atoms with Crippen LogP contribution in [-0.2, 0) is 0 Å². The number of carbonyl (C=O) groups excluding carboxylic acids is 1. The minimum atomic E-state index is -0.440. The van der Waals surface area contributed by atoms with Gasteiger partial charge >= 0.3 is 0 Å². The summed E-state index contributed by atoms with van der Waals surface area (Å²) in [7, 11) is 0. The van der Waals surface area contributed by atoms with Gasteiger partial charge in [0, 0.05) is 6.54 Å². The summed E-state index contributed by atoms with van der Waals surface area (Å²) in [6, 6.07) is 7.16. The number of benzene rings is 1. The Kier molecular flexibility index (Phi) is 6.02. The average Bonchev–Trinajstić information content (AvgIpc) is 2.38. The molecular formula is C16H25NO3. The molecule has 0 spiro atoms. The molecule has 1 amide bonds. The van der Waals surface area contributed by atoms with Crippen molar-refractivity contribution < 1.29 is 14.6 Å². The highest BCUT2D eigenvalue weighted by molar-refractivity contribution is 5.96. The van der Waals surface area contributed by atoms with Gasteiger partial charge in [-0.2, -0.15) is 0 Å². The highest BCUT2D eigenvalue weighted by atomic mass is 16.5. The minimum absolute atomic E-state index is 0.171. The number of nitrogens with one attached hydrogen (secondary N) is 1. The van der Waals surface area contributed by atoms with E-state index in [0.717, 1.165) is 0 Å². The zero-order valence-corrected chi connectivity index (χ0v) is 12.8. The van der Waals surface area contributed by atoms with Crippen molar-refractivity contribution in [2.75, 3.05) is 13.2 Å². The van der Waals surface area contributed by atoms with Crippen LogP contribution in [0.4, 0.5) is 0 Å². The van der Waals surface area contributed by atoms with E-state index >= 15 is 0 Å². The van der Waals surface area contributed by atoms with Gasteiger partial charge < -0.3 is 15.2 Å². The lowest BCUT2D eigenvalue weighted by molar-refractivity contribution is 0.0551. The smallest absolute Gasteiger partial charge is 0.255 e. The number of aliphatic hydroxyl groups is 1. The van der Waals surface area contributed by atoms with Crippen LogP contribution in [0.2, 0.25) is 0 Å². The van der Waals surface area contributed by atoms with Crippen LogP contribution in [0.25, 0.3) is 0 Å². The number of amides is 1.